The highest BCUT2D eigenvalue weighted by atomic mass is 16.4. The lowest BCUT2D eigenvalue weighted by molar-refractivity contribution is -0.138. The number of carboxylic acids is 1. The Morgan fingerprint density at radius 1 is 1.00 bits per heavy atom. The van der Waals surface area contributed by atoms with E-state index < -0.39 is 12.0 Å². The number of aryl methyl sites for hydroxylation is 1. The third-order valence-electron chi connectivity index (χ3n) is 4.49. The van der Waals surface area contributed by atoms with Gasteiger partial charge in [-0.15, -0.1) is 4.91 Å². The number of unbranched alkanes of at least 4 members (excludes halogenated alkanes) is 6. The van der Waals surface area contributed by atoms with Gasteiger partial charge in [0, 0.05) is 0 Å². The summed E-state index contributed by atoms with van der Waals surface area (Å²) >= 11 is 0. The summed E-state index contributed by atoms with van der Waals surface area (Å²) in [4.78, 5) is 21.0. The quantitative estimate of drug-likeness (QED) is 0.343. The average molecular weight is 347 g/mol. The van der Waals surface area contributed by atoms with E-state index in [0.717, 1.165) is 32.1 Å². The van der Waals surface area contributed by atoms with Gasteiger partial charge in [0.25, 0.3) is 0 Å². The van der Waals surface area contributed by atoms with E-state index >= 15 is 0 Å². The normalized spacial score (nSPS) is 12.3. The Morgan fingerprint density at radius 3 is 2.20 bits per heavy atom. The molecule has 140 valence electrons. The number of hydrogen-bond acceptors (Lipinski definition) is 3. The number of carboxylic acid groups (broad SMARTS) is 1. The van der Waals surface area contributed by atoms with Gasteiger partial charge in [-0.3, -0.25) is 0 Å². The van der Waals surface area contributed by atoms with Crippen molar-refractivity contribution in [3.05, 3.63) is 40.3 Å². The number of carbonyl (C=O) groups is 1. The van der Waals surface area contributed by atoms with Gasteiger partial charge in [-0.2, -0.15) is 0 Å². The molecule has 0 aliphatic carbocycles. The molecule has 1 unspecified atom stereocenters. The van der Waals surface area contributed by atoms with Crippen molar-refractivity contribution in [3.8, 4) is 0 Å². The summed E-state index contributed by atoms with van der Waals surface area (Å²) in [6.07, 6.45) is 10.4. The maximum atomic E-state index is 10.7. The zero-order valence-corrected chi connectivity index (χ0v) is 15.7. The molecule has 0 amide bonds. The molecule has 0 radical (unpaired) electrons. The zero-order chi connectivity index (χ0) is 18.5. The Balaban J connectivity index is 2.05. The SMILES string of the molecule is CC(C)Cc1cccc(CCCCCCCCCC(N=O)C(=O)O)c1. The lowest BCUT2D eigenvalue weighted by Gasteiger charge is -2.08. The zero-order valence-electron chi connectivity index (χ0n) is 15.7. The summed E-state index contributed by atoms with van der Waals surface area (Å²) in [7, 11) is 0. The first-order valence-electron chi connectivity index (χ1n) is 9.66. The van der Waals surface area contributed by atoms with E-state index in [4.69, 9.17) is 5.11 Å². The van der Waals surface area contributed by atoms with Crippen molar-refractivity contribution in [1.29, 1.82) is 0 Å². The average Bonchev–Trinajstić information content (AvgIpc) is 2.56. The summed E-state index contributed by atoms with van der Waals surface area (Å²) in [6, 6.07) is 7.90. The van der Waals surface area contributed by atoms with E-state index in [1.54, 1.807) is 0 Å². The fourth-order valence-corrected chi connectivity index (χ4v) is 3.16. The van der Waals surface area contributed by atoms with Crippen LogP contribution in [-0.2, 0) is 17.6 Å². The molecule has 0 aliphatic heterocycles. The van der Waals surface area contributed by atoms with Gasteiger partial charge in [-0.1, -0.05) is 81.8 Å². The molecule has 1 rings (SSSR count). The second-order valence-corrected chi connectivity index (χ2v) is 7.39. The Morgan fingerprint density at radius 2 is 1.60 bits per heavy atom. The predicted octanol–water partition coefficient (Wildman–Crippen LogP) is 5.77. The van der Waals surface area contributed by atoms with Crippen LogP contribution in [0.2, 0.25) is 0 Å². The van der Waals surface area contributed by atoms with E-state index in [2.05, 4.69) is 43.3 Å². The third kappa shape index (κ3) is 10.0. The van der Waals surface area contributed by atoms with Gasteiger partial charge in [0.2, 0.25) is 0 Å². The van der Waals surface area contributed by atoms with Gasteiger partial charge in [-0.05, 0) is 42.7 Å². The second-order valence-electron chi connectivity index (χ2n) is 7.39. The van der Waals surface area contributed by atoms with Crippen LogP contribution in [0.25, 0.3) is 0 Å². The summed E-state index contributed by atoms with van der Waals surface area (Å²) < 4.78 is 0. The minimum atomic E-state index is -1.10. The Kier molecular flexibility index (Phi) is 10.8. The highest BCUT2D eigenvalue weighted by molar-refractivity contribution is 5.73. The molecule has 0 aliphatic rings. The topological polar surface area (TPSA) is 66.7 Å². The maximum Gasteiger partial charge on any atom is 0.332 e. The molecule has 4 heteroatoms. The lowest BCUT2D eigenvalue weighted by Crippen LogP contribution is -2.16. The monoisotopic (exact) mass is 347 g/mol. The molecule has 0 saturated heterocycles. The van der Waals surface area contributed by atoms with Gasteiger partial charge in [0.1, 0.15) is 0 Å². The molecule has 1 aromatic carbocycles. The fraction of sp³-hybridized carbons (Fsp3) is 0.667. The van der Waals surface area contributed by atoms with Crippen LogP contribution < -0.4 is 0 Å². The maximum absolute atomic E-state index is 10.7. The molecular weight excluding hydrogens is 314 g/mol. The van der Waals surface area contributed by atoms with E-state index in [1.807, 2.05) is 0 Å². The molecule has 0 spiro atoms. The molecule has 1 atom stereocenters. The van der Waals surface area contributed by atoms with Crippen molar-refractivity contribution in [1.82, 2.24) is 0 Å². The number of rotatable bonds is 14. The van der Waals surface area contributed by atoms with Crippen LogP contribution in [0.5, 0.6) is 0 Å². The fourth-order valence-electron chi connectivity index (χ4n) is 3.16. The molecule has 1 N–H and O–H groups in total. The van der Waals surface area contributed by atoms with Crippen LogP contribution in [0.1, 0.15) is 76.3 Å². The van der Waals surface area contributed by atoms with E-state index in [0.29, 0.717) is 12.3 Å². The van der Waals surface area contributed by atoms with Crippen LogP contribution in [-0.4, -0.2) is 17.1 Å². The molecule has 0 aromatic heterocycles. The first-order valence-corrected chi connectivity index (χ1v) is 9.66. The van der Waals surface area contributed by atoms with Crippen LogP contribution >= 0.6 is 0 Å². The molecule has 0 saturated carbocycles. The minimum Gasteiger partial charge on any atom is -0.480 e. The largest absolute Gasteiger partial charge is 0.480 e. The summed E-state index contributed by atoms with van der Waals surface area (Å²) in [6.45, 7) is 4.51. The van der Waals surface area contributed by atoms with E-state index in [-0.39, 0.29) is 0 Å². The van der Waals surface area contributed by atoms with Gasteiger partial charge >= 0.3 is 5.97 Å². The highest BCUT2D eigenvalue weighted by Crippen LogP contribution is 2.15. The van der Waals surface area contributed by atoms with Crippen molar-refractivity contribution < 1.29 is 9.90 Å². The first-order chi connectivity index (χ1) is 12.0. The van der Waals surface area contributed by atoms with Crippen LogP contribution in [0.3, 0.4) is 0 Å². The molecular formula is C21H33NO3. The standard InChI is InChI=1S/C21H33NO3/c1-17(2)15-19-13-10-12-18(16-19)11-8-6-4-3-5-7-9-14-20(22-25)21(23)24/h10,12-13,16-17,20H,3-9,11,14-15H2,1-2H3,(H,23,24). The number of hydrogen-bond donors (Lipinski definition) is 1. The van der Waals surface area contributed by atoms with Gasteiger partial charge < -0.3 is 5.11 Å². The molecule has 1 aromatic rings. The van der Waals surface area contributed by atoms with Crippen LogP contribution in [0.4, 0.5) is 0 Å². The van der Waals surface area contributed by atoms with E-state index in [9.17, 15) is 9.70 Å². The molecule has 4 nitrogen and oxygen atoms in total. The number of nitrogens with zero attached hydrogens (tertiary/aromatic N) is 1. The van der Waals surface area contributed by atoms with Crippen molar-refractivity contribution in [2.45, 2.75) is 84.1 Å². The van der Waals surface area contributed by atoms with Crippen molar-refractivity contribution >= 4 is 5.97 Å². The van der Waals surface area contributed by atoms with Gasteiger partial charge in [0.05, 0.1) is 0 Å². The Labute approximate surface area is 152 Å². The Hall–Kier alpha value is -1.71. The number of benzene rings is 1. The highest BCUT2D eigenvalue weighted by Gasteiger charge is 2.16. The molecule has 0 bridgehead atoms. The van der Waals surface area contributed by atoms with Crippen molar-refractivity contribution in [2.75, 3.05) is 0 Å². The summed E-state index contributed by atoms with van der Waals surface area (Å²) in [5.74, 6) is -0.407. The summed E-state index contributed by atoms with van der Waals surface area (Å²) in [5, 5.41) is 11.4. The molecule has 25 heavy (non-hydrogen) atoms. The van der Waals surface area contributed by atoms with Gasteiger partial charge in [-0.25, -0.2) is 4.79 Å². The second kappa shape index (κ2) is 12.6. The number of aliphatic carboxylic acids is 1. The third-order valence-corrected chi connectivity index (χ3v) is 4.49. The minimum absolute atomic E-state index is 0.367. The number of nitroso groups, excluding NO2 is 1. The molecule has 0 fully saturated rings. The van der Waals surface area contributed by atoms with Crippen molar-refractivity contribution in [2.24, 2.45) is 11.1 Å². The van der Waals surface area contributed by atoms with Crippen molar-refractivity contribution in [3.63, 3.8) is 0 Å². The lowest BCUT2D eigenvalue weighted by atomic mass is 9.98. The predicted molar refractivity (Wildman–Crippen MR) is 103 cm³/mol. The van der Waals surface area contributed by atoms with Gasteiger partial charge in [0.15, 0.2) is 6.04 Å². The molecule has 0 heterocycles. The van der Waals surface area contributed by atoms with Crippen LogP contribution in [0, 0.1) is 10.8 Å². The summed E-state index contributed by atoms with van der Waals surface area (Å²) in [5.41, 5.74) is 2.89. The smallest absolute Gasteiger partial charge is 0.332 e. The van der Waals surface area contributed by atoms with Crippen LogP contribution in [0.15, 0.2) is 29.4 Å². The first kappa shape index (κ1) is 21.3. The Bertz CT molecular complexity index is 514. The van der Waals surface area contributed by atoms with E-state index in [1.165, 1.54) is 36.8 Å².